The van der Waals surface area contributed by atoms with Gasteiger partial charge in [-0.15, -0.1) is 0 Å². The first-order valence-electron chi connectivity index (χ1n) is 4.83. The first kappa shape index (κ1) is 10.6. The van der Waals surface area contributed by atoms with E-state index in [2.05, 4.69) is 21.2 Å². The molecule has 80 valence electrons. The second-order valence-corrected chi connectivity index (χ2v) is 4.21. The van der Waals surface area contributed by atoms with E-state index in [1.165, 1.54) is 0 Å². The van der Waals surface area contributed by atoms with Crippen molar-refractivity contribution in [3.63, 3.8) is 0 Å². The molecule has 0 saturated carbocycles. The third kappa shape index (κ3) is 2.06. The number of carbonyl (C=O) groups is 1. The Morgan fingerprint density at radius 2 is 2.27 bits per heavy atom. The van der Waals surface area contributed by atoms with Crippen LogP contribution < -0.4 is 5.32 Å². The van der Waals surface area contributed by atoms with Crippen molar-refractivity contribution >= 4 is 21.8 Å². The third-order valence-electron chi connectivity index (χ3n) is 2.64. The average molecular weight is 270 g/mol. The van der Waals surface area contributed by atoms with Gasteiger partial charge in [-0.3, -0.25) is 4.79 Å². The Labute approximate surface area is 96.6 Å². The summed E-state index contributed by atoms with van der Waals surface area (Å²) >= 11 is 3.09. The first-order chi connectivity index (χ1) is 7.22. The molecule has 3 nitrogen and oxygen atoms in total. The van der Waals surface area contributed by atoms with Gasteiger partial charge in [0.05, 0.1) is 17.5 Å². The molecule has 1 aromatic rings. The van der Waals surface area contributed by atoms with E-state index < -0.39 is 6.10 Å². The molecule has 2 rings (SSSR count). The molecule has 0 heterocycles. The Hall–Kier alpha value is -0.870. The maximum Gasteiger partial charge on any atom is 0.231 e. The highest BCUT2D eigenvalue weighted by Gasteiger charge is 2.31. The molecule has 0 fully saturated rings. The minimum absolute atomic E-state index is 0.101. The highest BCUT2D eigenvalue weighted by atomic mass is 79.9. The number of rotatable bonds is 2. The summed E-state index contributed by atoms with van der Waals surface area (Å²) in [6.07, 6.45) is 0.106. The predicted octanol–water partition coefficient (Wildman–Crippen LogP) is 1.16. The van der Waals surface area contributed by atoms with E-state index in [4.69, 9.17) is 0 Å². The van der Waals surface area contributed by atoms with Gasteiger partial charge < -0.3 is 10.4 Å². The van der Waals surface area contributed by atoms with Crippen LogP contribution in [0, 0.1) is 0 Å². The van der Waals surface area contributed by atoms with Gasteiger partial charge in [0.2, 0.25) is 5.91 Å². The Morgan fingerprint density at radius 1 is 1.53 bits per heavy atom. The van der Waals surface area contributed by atoms with Crippen molar-refractivity contribution in [2.75, 3.05) is 5.33 Å². The van der Waals surface area contributed by atoms with Crippen LogP contribution in [0.15, 0.2) is 24.3 Å². The van der Waals surface area contributed by atoms with Gasteiger partial charge >= 0.3 is 0 Å². The average Bonchev–Trinajstić information content (AvgIpc) is 2.55. The van der Waals surface area contributed by atoms with Gasteiger partial charge in [0.15, 0.2) is 0 Å². The molecule has 0 unspecified atom stereocenters. The van der Waals surface area contributed by atoms with Crippen LogP contribution in [0.25, 0.3) is 0 Å². The summed E-state index contributed by atoms with van der Waals surface area (Å²) in [5.41, 5.74) is 2.14. The Kier molecular flexibility index (Phi) is 3.07. The zero-order valence-electron chi connectivity index (χ0n) is 8.11. The van der Waals surface area contributed by atoms with Gasteiger partial charge in [-0.25, -0.2) is 0 Å². The molecule has 15 heavy (non-hydrogen) atoms. The van der Waals surface area contributed by atoms with E-state index in [9.17, 15) is 9.90 Å². The zero-order chi connectivity index (χ0) is 10.8. The highest BCUT2D eigenvalue weighted by molar-refractivity contribution is 9.09. The number of aliphatic hydroxyl groups is 1. The van der Waals surface area contributed by atoms with Crippen LogP contribution in [0.2, 0.25) is 0 Å². The zero-order valence-corrected chi connectivity index (χ0v) is 9.70. The van der Waals surface area contributed by atoms with E-state index in [-0.39, 0.29) is 17.3 Å². The van der Waals surface area contributed by atoms with Crippen molar-refractivity contribution in [3.8, 4) is 0 Å². The van der Waals surface area contributed by atoms with Crippen LogP contribution in [0.4, 0.5) is 0 Å². The van der Waals surface area contributed by atoms with E-state index >= 15 is 0 Å². The fourth-order valence-electron chi connectivity index (χ4n) is 1.96. The van der Waals surface area contributed by atoms with Crippen LogP contribution in [-0.4, -0.2) is 22.4 Å². The van der Waals surface area contributed by atoms with E-state index in [0.29, 0.717) is 6.42 Å². The van der Waals surface area contributed by atoms with Gasteiger partial charge in [0, 0.05) is 6.42 Å². The van der Waals surface area contributed by atoms with Crippen LogP contribution in [0.1, 0.15) is 17.2 Å². The minimum atomic E-state index is -0.509. The minimum Gasteiger partial charge on any atom is -0.390 e. The smallest absolute Gasteiger partial charge is 0.231 e. The van der Waals surface area contributed by atoms with Crippen molar-refractivity contribution in [2.24, 2.45) is 0 Å². The molecular weight excluding hydrogens is 258 g/mol. The summed E-state index contributed by atoms with van der Waals surface area (Å²) in [5.74, 6) is -0.101. The molecule has 1 aromatic carbocycles. The third-order valence-corrected chi connectivity index (χ3v) is 3.15. The number of aliphatic hydroxyl groups excluding tert-OH is 1. The van der Waals surface area contributed by atoms with Gasteiger partial charge in [-0.05, 0) is 11.1 Å². The van der Waals surface area contributed by atoms with Crippen molar-refractivity contribution in [3.05, 3.63) is 35.4 Å². The molecule has 2 N–H and O–H groups in total. The number of carbonyl (C=O) groups excluding carboxylic acids is 1. The van der Waals surface area contributed by atoms with Crippen LogP contribution in [0.5, 0.6) is 0 Å². The summed E-state index contributed by atoms with van der Waals surface area (Å²) in [4.78, 5) is 11.3. The Morgan fingerprint density at radius 3 is 3.00 bits per heavy atom. The highest BCUT2D eigenvalue weighted by Crippen LogP contribution is 2.31. The monoisotopic (exact) mass is 269 g/mol. The predicted molar refractivity (Wildman–Crippen MR) is 60.8 cm³/mol. The molecule has 1 aliphatic rings. The van der Waals surface area contributed by atoms with Crippen LogP contribution >= 0.6 is 15.9 Å². The number of halogens is 1. The van der Waals surface area contributed by atoms with Gasteiger partial charge in [-0.1, -0.05) is 40.2 Å². The molecular formula is C11H12BrNO2. The van der Waals surface area contributed by atoms with Crippen LogP contribution in [-0.2, 0) is 11.2 Å². The first-order valence-corrected chi connectivity index (χ1v) is 5.95. The largest absolute Gasteiger partial charge is 0.390 e. The lowest BCUT2D eigenvalue weighted by Gasteiger charge is -2.17. The second-order valence-electron chi connectivity index (χ2n) is 3.65. The molecule has 0 saturated heterocycles. The standard InChI is InChI=1S/C11H12BrNO2/c12-6-10(15)13-11-8-4-2-1-3-7(8)5-9(11)14/h1-4,9,11,14H,5-6H2,(H,13,15)/t9-,11+/m0/s1. The molecule has 0 bridgehead atoms. The Balaban J connectivity index is 2.22. The molecule has 0 radical (unpaired) electrons. The number of benzene rings is 1. The maximum absolute atomic E-state index is 11.3. The number of fused-ring (bicyclic) bond motifs is 1. The number of hydrogen-bond donors (Lipinski definition) is 2. The van der Waals surface area contributed by atoms with Gasteiger partial charge in [0.25, 0.3) is 0 Å². The van der Waals surface area contributed by atoms with E-state index in [1.807, 2.05) is 24.3 Å². The quantitative estimate of drug-likeness (QED) is 0.792. The van der Waals surface area contributed by atoms with E-state index in [1.54, 1.807) is 0 Å². The summed E-state index contributed by atoms with van der Waals surface area (Å²) in [6, 6.07) is 7.54. The topological polar surface area (TPSA) is 49.3 Å². The molecule has 0 aromatic heterocycles. The molecule has 1 aliphatic carbocycles. The maximum atomic E-state index is 11.3. The summed E-state index contributed by atoms with van der Waals surface area (Å²) in [7, 11) is 0. The van der Waals surface area contributed by atoms with Crippen molar-refractivity contribution in [1.29, 1.82) is 0 Å². The van der Waals surface area contributed by atoms with Gasteiger partial charge in [-0.2, -0.15) is 0 Å². The van der Waals surface area contributed by atoms with Crippen molar-refractivity contribution in [2.45, 2.75) is 18.6 Å². The summed E-state index contributed by atoms with van der Waals surface area (Å²) in [6.45, 7) is 0. The summed E-state index contributed by atoms with van der Waals surface area (Å²) < 4.78 is 0. The SMILES string of the molecule is O=C(CBr)N[C@@H]1c2ccccc2C[C@@H]1O. The molecule has 1 amide bonds. The van der Waals surface area contributed by atoms with Crippen LogP contribution in [0.3, 0.4) is 0 Å². The molecule has 0 aliphatic heterocycles. The normalized spacial score (nSPS) is 23.6. The van der Waals surface area contributed by atoms with E-state index in [0.717, 1.165) is 11.1 Å². The number of alkyl halides is 1. The second kappa shape index (κ2) is 4.33. The van der Waals surface area contributed by atoms with Gasteiger partial charge in [0.1, 0.15) is 0 Å². The molecule has 0 spiro atoms. The summed E-state index contributed by atoms with van der Waals surface area (Å²) in [5, 5.41) is 12.9. The lowest BCUT2D eigenvalue weighted by Crippen LogP contribution is -2.34. The number of nitrogens with one attached hydrogen (secondary N) is 1. The molecule has 4 heteroatoms. The number of hydrogen-bond acceptors (Lipinski definition) is 2. The van der Waals surface area contributed by atoms with Crippen molar-refractivity contribution < 1.29 is 9.90 Å². The molecule has 2 atom stereocenters. The lowest BCUT2D eigenvalue weighted by molar-refractivity contribution is -0.119. The fraction of sp³-hybridized carbons (Fsp3) is 0.364. The lowest BCUT2D eigenvalue weighted by atomic mass is 10.1. The fourth-order valence-corrected chi connectivity index (χ4v) is 2.12. The number of amides is 1. The Bertz CT molecular complexity index is 381. The van der Waals surface area contributed by atoms with Crippen molar-refractivity contribution in [1.82, 2.24) is 5.32 Å².